The van der Waals surface area contributed by atoms with Crippen molar-refractivity contribution in [3.05, 3.63) is 0 Å². The van der Waals surface area contributed by atoms with E-state index < -0.39 is 5.97 Å². The zero-order chi connectivity index (χ0) is 15.2. The van der Waals surface area contributed by atoms with E-state index in [1.165, 1.54) is 6.42 Å². The highest BCUT2D eigenvalue weighted by Gasteiger charge is 2.30. The van der Waals surface area contributed by atoms with Crippen LogP contribution < -0.4 is 0 Å². The fraction of sp³-hybridized carbons (Fsp3) is 0.867. The van der Waals surface area contributed by atoms with Crippen molar-refractivity contribution in [2.45, 2.75) is 38.2 Å². The van der Waals surface area contributed by atoms with Gasteiger partial charge in [0.15, 0.2) is 0 Å². The SMILES string of the molecule is CN(CC(=O)O)CC1CN(C(=O)C2CCCCC2)CCO1. The Hall–Kier alpha value is -1.14. The van der Waals surface area contributed by atoms with Gasteiger partial charge in [-0.2, -0.15) is 0 Å². The molecule has 0 spiro atoms. The number of aliphatic carboxylic acids is 1. The van der Waals surface area contributed by atoms with Crippen molar-refractivity contribution in [2.75, 3.05) is 39.8 Å². The van der Waals surface area contributed by atoms with E-state index >= 15 is 0 Å². The Labute approximate surface area is 126 Å². The maximum Gasteiger partial charge on any atom is 0.317 e. The van der Waals surface area contributed by atoms with Crippen molar-refractivity contribution in [1.82, 2.24) is 9.80 Å². The maximum atomic E-state index is 12.5. The second kappa shape index (κ2) is 7.75. The van der Waals surface area contributed by atoms with Crippen molar-refractivity contribution < 1.29 is 19.4 Å². The Morgan fingerprint density at radius 2 is 2.00 bits per heavy atom. The number of likely N-dealkylation sites (N-methyl/N-ethyl adjacent to an activating group) is 1. The van der Waals surface area contributed by atoms with Crippen molar-refractivity contribution in [3.63, 3.8) is 0 Å². The smallest absolute Gasteiger partial charge is 0.317 e. The normalized spacial score (nSPS) is 24.3. The van der Waals surface area contributed by atoms with Gasteiger partial charge in [0.25, 0.3) is 0 Å². The van der Waals surface area contributed by atoms with Gasteiger partial charge < -0.3 is 14.7 Å². The lowest BCUT2D eigenvalue weighted by molar-refractivity contribution is -0.146. The average Bonchev–Trinajstić information content (AvgIpc) is 2.46. The molecule has 2 rings (SSSR count). The van der Waals surface area contributed by atoms with Gasteiger partial charge in [-0.3, -0.25) is 14.5 Å². The molecule has 0 aromatic carbocycles. The summed E-state index contributed by atoms with van der Waals surface area (Å²) in [5, 5.41) is 8.78. The first-order valence-electron chi connectivity index (χ1n) is 7.87. The molecule has 1 aliphatic carbocycles. The number of amides is 1. The average molecular weight is 298 g/mol. The Morgan fingerprint density at radius 3 is 2.67 bits per heavy atom. The van der Waals surface area contributed by atoms with E-state index in [1.54, 1.807) is 11.9 Å². The summed E-state index contributed by atoms with van der Waals surface area (Å²) < 4.78 is 5.67. The molecule has 6 heteroatoms. The molecule has 1 aliphatic heterocycles. The number of carboxylic acids is 1. The lowest BCUT2D eigenvalue weighted by Gasteiger charge is -2.37. The summed E-state index contributed by atoms with van der Waals surface area (Å²) >= 11 is 0. The molecule has 120 valence electrons. The van der Waals surface area contributed by atoms with Crippen LogP contribution in [0.25, 0.3) is 0 Å². The molecule has 1 saturated carbocycles. The van der Waals surface area contributed by atoms with Gasteiger partial charge in [0.1, 0.15) is 0 Å². The van der Waals surface area contributed by atoms with Gasteiger partial charge in [-0.15, -0.1) is 0 Å². The minimum atomic E-state index is -0.844. The monoisotopic (exact) mass is 298 g/mol. The Morgan fingerprint density at radius 1 is 1.29 bits per heavy atom. The van der Waals surface area contributed by atoms with Gasteiger partial charge in [0.05, 0.1) is 19.3 Å². The van der Waals surface area contributed by atoms with Crippen LogP contribution in [0.15, 0.2) is 0 Å². The molecular formula is C15H26N2O4. The van der Waals surface area contributed by atoms with Crippen LogP contribution in [-0.4, -0.2) is 72.7 Å². The Balaban J connectivity index is 1.82. The van der Waals surface area contributed by atoms with E-state index in [0.717, 1.165) is 25.7 Å². The van der Waals surface area contributed by atoms with Gasteiger partial charge in [-0.1, -0.05) is 19.3 Å². The number of carbonyl (C=O) groups excluding carboxylic acids is 1. The maximum absolute atomic E-state index is 12.5. The molecule has 0 radical (unpaired) electrons. The zero-order valence-corrected chi connectivity index (χ0v) is 12.8. The highest BCUT2D eigenvalue weighted by molar-refractivity contribution is 5.79. The van der Waals surface area contributed by atoms with Crippen LogP contribution in [0.1, 0.15) is 32.1 Å². The van der Waals surface area contributed by atoms with Crippen LogP contribution >= 0.6 is 0 Å². The van der Waals surface area contributed by atoms with Crippen LogP contribution in [0.2, 0.25) is 0 Å². The van der Waals surface area contributed by atoms with Crippen LogP contribution in [0, 0.1) is 5.92 Å². The van der Waals surface area contributed by atoms with Crippen molar-refractivity contribution >= 4 is 11.9 Å². The molecule has 1 heterocycles. The summed E-state index contributed by atoms with van der Waals surface area (Å²) in [5.41, 5.74) is 0. The van der Waals surface area contributed by atoms with E-state index in [0.29, 0.717) is 26.2 Å². The lowest BCUT2D eigenvalue weighted by Crippen LogP contribution is -2.51. The fourth-order valence-electron chi connectivity index (χ4n) is 3.28. The minimum absolute atomic E-state index is 0.00354. The molecular weight excluding hydrogens is 272 g/mol. The van der Waals surface area contributed by atoms with Gasteiger partial charge in [0, 0.05) is 25.6 Å². The van der Waals surface area contributed by atoms with Crippen LogP contribution in [0.5, 0.6) is 0 Å². The van der Waals surface area contributed by atoms with Gasteiger partial charge in [-0.25, -0.2) is 0 Å². The Bertz CT molecular complexity index is 369. The standard InChI is InChI=1S/C15H26N2O4/c1-16(11-14(18)19)9-13-10-17(7-8-21-13)15(20)12-5-3-2-4-6-12/h12-13H,2-11H2,1H3,(H,18,19). The number of carbonyl (C=O) groups is 2. The molecule has 2 fully saturated rings. The lowest BCUT2D eigenvalue weighted by atomic mass is 9.88. The summed E-state index contributed by atoms with van der Waals surface area (Å²) in [7, 11) is 1.76. The van der Waals surface area contributed by atoms with Crippen molar-refractivity contribution in [3.8, 4) is 0 Å². The molecule has 6 nitrogen and oxygen atoms in total. The first-order chi connectivity index (χ1) is 10.1. The molecule has 1 atom stereocenters. The molecule has 2 aliphatic rings. The second-order valence-corrected chi connectivity index (χ2v) is 6.20. The minimum Gasteiger partial charge on any atom is -0.480 e. The molecule has 1 amide bonds. The van der Waals surface area contributed by atoms with Gasteiger partial charge >= 0.3 is 5.97 Å². The van der Waals surface area contributed by atoms with E-state index in [4.69, 9.17) is 9.84 Å². The predicted molar refractivity (Wildman–Crippen MR) is 78.0 cm³/mol. The topological polar surface area (TPSA) is 70.1 Å². The number of hydrogen-bond acceptors (Lipinski definition) is 4. The summed E-state index contributed by atoms with van der Waals surface area (Å²) in [4.78, 5) is 26.8. The molecule has 0 aromatic heterocycles. The largest absolute Gasteiger partial charge is 0.480 e. The van der Waals surface area contributed by atoms with Gasteiger partial charge in [0.2, 0.25) is 5.91 Å². The number of carboxylic acid groups (broad SMARTS) is 1. The Kier molecular flexibility index (Phi) is 5.99. The number of rotatable bonds is 5. The predicted octanol–water partition coefficient (Wildman–Crippen LogP) is 0.811. The van der Waals surface area contributed by atoms with E-state index in [2.05, 4.69) is 0 Å². The fourth-order valence-corrected chi connectivity index (χ4v) is 3.28. The second-order valence-electron chi connectivity index (χ2n) is 6.20. The van der Waals surface area contributed by atoms with Crippen molar-refractivity contribution in [1.29, 1.82) is 0 Å². The number of nitrogens with zero attached hydrogens (tertiary/aromatic N) is 2. The van der Waals surface area contributed by atoms with E-state index in [9.17, 15) is 9.59 Å². The molecule has 0 aromatic rings. The van der Waals surface area contributed by atoms with E-state index in [-0.39, 0.29) is 24.5 Å². The summed E-state index contributed by atoms with van der Waals surface area (Å²) in [5.74, 6) is -0.387. The molecule has 0 bridgehead atoms. The highest BCUT2D eigenvalue weighted by Crippen LogP contribution is 2.26. The van der Waals surface area contributed by atoms with E-state index in [1.807, 2.05) is 4.90 Å². The van der Waals surface area contributed by atoms with Crippen LogP contribution in [0.4, 0.5) is 0 Å². The van der Waals surface area contributed by atoms with Gasteiger partial charge in [-0.05, 0) is 19.9 Å². The van der Waals surface area contributed by atoms with Crippen LogP contribution in [0.3, 0.4) is 0 Å². The number of ether oxygens (including phenoxy) is 1. The quantitative estimate of drug-likeness (QED) is 0.813. The first-order valence-corrected chi connectivity index (χ1v) is 7.87. The number of morpholine rings is 1. The van der Waals surface area contributed by atoms with Crippen LogP contribution in [-0.2, 0) is 14.3 Å². The first kappa shape index (κ1) is 16.2. The highest BCUT2D eigenvalue weighted by atomic mass is 16.5. The third-order valence-corrected chi connectivity index (χ3v) is 4.33. The molecule has 1 saturated heterocycles. The zero-order valence-electron chi connectivity index (χ0n) is 12.8. The summed E-state index contributed by atoms with van der Waals surface area (Å²) in [6.07, 6.45) is 5.50. The van der Waals surface area contributed by atoms with Crippen molar-refractivity contribution in [2.24, 2.45) is 5.92 Å². The molecule has 1 unspecified atom stereocenters. The third-order valence-electron chi connectivity index (χ3n) is 4.33. The summed E-state index contributed by atoms with van der Waals surface area (Å²) in [6, 6.07) is 0. The number of hydrogen-bond donors (Lipinski definition) is 1. The summed E-state index contributed by atoms with van der Waals surface area (Å²) in [6.45, 7) is 2.33. The molecule has 1 N–H and O–H groups in total. The molecule has 21 heavy (non-hydrogen) atoms. The third kappa shape index (κ3) is 4.97.